The molecule has 0 amide bonds. The third kappa shape index (κ3) is 5.74. The van der Waals surface area contributed by atoms with E-state index in [1.54, 1.807) is 11.8 Å². The van der Waals surface area contributed by atoms with Crippen LogP contribution in [0.25, 0.3) is 11.0 Å². The second-order valence-corrected chi connectivity index (χ2v) is 8.73. The zero-order valence-electron chi connectivity index (χ0n) is 19.7. The number of benzene rings is 1. The number of anilines is 2. The SMILES string of the molecule is COc1cc(CNC2CCC2)ccc1Cn1cc2nc(N)nc(N(CCO)CCCCF)c2n1. The lowest BCUT2D eigenvalue weighted by atomic mass is 9.93. The fourth-order valence-corrected chi connectivity index (χ4v) is 4.18. The molecule has 0 spiro atoms. The largest absolute Gasteiger partial charge is 0.496 e. The number of ether oxygens (including phenoxy) is 1. The highest BCUT2D eigenvalue weighted by Gasteiger charge is 2.19. The number of nitrogens with one attached hydrogen (secondary N) is 1. The second kappa shape index (κ2) is 11.4. The smallest absolute Gasteiger partial charge is 0.222 e. The molecule has 1 saturated carbocycles. The van der Waals surface area contributed by atoms with E-state index >= 15 is 0 Å². The Morgan fingerprint density at radius 1 is 1.26 bits per heavy atom. The molecule has 1 aliphatic carbocycles. The van der Waals surface area contributed by atoms with Gasteiger partial charge in [-0.15, -0.1) is 0 Å². The summed E-state index contributed by atoms with van der Waals surface area (Å²) < 4.78 is 20.1. The number of fused-ring (bicyclic) bond motifs is 1. The van der Waals surface area contributed by atoms with Crippen LogP contribution in [0.2, 0.25) is 0 Å². The van der Waals surface area contributed by atoms with Crippen LogP contribution in [0.1, 0.15) is 43.2 Å². The third-order valence-corrected chi connectivity index (χ3v) is 6.27. The molecule has 1 fully saturated rings. The highest BCUT2D eigenvalue weighted by atomic mass is 19.1. The number of nitrogens with two attached hydrogens (primary N) is 1. The summed E-state index contributed by atoms with van der Waals surface area (Å²) in [5.41, 5.74) is 9.38. The second-order valence-electron chi connectivity index (χ2n) is 8.73. The Hall–Kier alpha value is -2.98. The zero-order valence-corrected chi connectivity index (χ0v) is 19.7. The lowest BCUT2D eigenvalue weighted by molar-refractivity contribution is 0.301. The molecule has 2 aromatic heterocycles. The molecule has 0 radical (unpaired) electrons. The molecular weight excluding hydrogens is 437 g/mol. The van der Waals surface area contributed by atoms with Crippen molar-refractivity contribution in [1.82, 2.24) is 25.1 Å². The van der Waals surface area contributed by atoms with Crippen molar-refractivity contribution in [2.75, 3.05) is 44.1 Å². The van der Waals surface area contributed by atoms with Crippen molar-refractivity contribution in [2.24, 2.45) is 0 Å². The lowest BCUT2D eigenvalue weighted by Crippen LogP contribution is -2.34. The summed E-state index contributed by atoms with van der Waals surface area (Å²) in [5, 5.41) is 17.8. The number of hydrogen-bond acceptors (Lipinski definition) is 8. The van der Waals surface area contributed by atoms with Crippen LogP contribution in [0, 0.1) is 0 Å². The van der Waals surface area contributed by atoms with Crippen molar-refractivity contribution < 1.29 is 14.2 Å². The van der Waals surface area contributed by atoms with E-state index < -0.39 is 0 Å². The van der Waals surface area contributed by atoms with E-state index in [0.717, 1.165) is 17.9 Å². The molecule has 9 nitrogen and oxygen atoms in total. The molecule has 2 heterocycles. The first-order chi connectivity index (χ1) is 16.6. The van der Waals surface area contributed by atoms with Crippen LogP contribution in [0.5, 0.6) is 5.75 Å². The monoisotopic (exact) mass is 471 g/mol. The van der Waals surface area contributed by atoms with Gasteiger partial charge in [-0.1, -0.05) is 18.6 Å². The molecular formula is C24H34FN7O2. The standard InChI is InChI=1S/C24H34FN7O2/c1-34-21-13-17(14-27-19-5-4-6-19)7-8-18(21)15-32-16-20-22(30-32)23(29-24(26)28-20)31(11-12-33)10-3-2-9-25/h7-8,13,16,19,27,33H,2-6,9-12,14-15H2,1H3,(H2,26,28). The number of aliphatic hydroxyl groups is 1. The Balaban J connectivity index is 1.55. The fourth-order valence-electron chi connectivity index (χ4n) is 4.18. The van der Waals surface area contributed by atoms with Gasteiger partial charge in [0.2, 0.25) is 5.95 Å². The van der Waals surface area contributed by atoms with Gasteiger partial charge in [0.15, 0.2) is 11.3 Å². The van der Waals surface area contributed by atoms with Crippen LogP contribution in [0.15, 0.2) is 24.4 Å². The molecule has 0 saturated heterocycles. The molecule has 1 aromatic carbocycles. The number of alkyl halides is 1. The van der Waals surface area contributed by atoms with E-state index in [4.69, 9.17) is 15.6 Å². The maximum absolute atomic E-state index is 12.6. The van der Waals surface area contributed by atoms with Gasteiger partial charge in [-0.05, 0) is 37.3 Å². The number of unbranched alkanes of at least 4 members (excludes halogenated alkanes) is 1. The number of rotatable bonds is 13. The van der Waals surface area contributed by atoms with E-state index in [2.05, 4.69) is 33.5 Å². The molecule has 10 heteroatoms. The van der Waals surface area contributed by atoms with Crippen LogP contribution in [-0.4, -0.2) is 64.4 Å². The molecule has 4 N–H and O–H groups in total. The molecule has 0 bridgehead atoms. The quantitative estimate of drug-likeness (QED) is 0.326. The lowest BCUT2D eigenvalue weighted by Gasteiger charge is -2.26. The average molecular weight is 472 g/mol. The predicted octanol–water partition coefficient (Wildman–Crippen LogP) is 2.66. The van der Waals surface area contributed by atoms with E-state index in [-0.39, 0.29) is 19.2 Å². The van der Waals surface area contributed by atoms with E-state index in [1.165, 1.54) is 24.8 Å². The summed E-state index contributed by atoms with van der Waals surface area (Å²) in [6, 6.07) is 6.89. The number of aromatic nitrogens is 4. The van der Waals surface area contributed by atoms with Crippen LogP contribution < -0.4 is 20.7 Å². The maximum atomic E-state index is 12.6. The minimum Gasteiger partial charge on any atom is -0.496 e. The van der Waals surface area contributed by atoms with E-state index in [9.17, 15) is 9.50 Å². The number of nitrogen functional groups attached to an aromatic ring is 1. The Bertz CT molecular complexity index is 1090. The van der Waals surface area contributed by atoms with Gasteiger partial charge < -0.3 is 25.8 Å². The summed E-state index contributed by atoms with van der Waals surface area (Å²) in [6.45, 7) is 1.80. The van der Waals surface area contributed by atoms with Crippen LogP contribution in [0.4, 0.5) is 16.2 Å². The minimum absolute atomic E-state index is 0.0547. The Morgan fingerprint density at radius 2 is 2.12 bits per heavy atom. The molecule has 4 rings (SSSR count). The van der Waals surface area contributed by atoms with Gasteiger partial charge in [0.25, 0.3) is 0 Å². The first-order valence-electron chi connectivity index (χ1n) is 11.9. The molecule has 3 aromatic rings. The van der Waals surface area contributed by atoms with Crippen LogP contribution >= 0.6 is 0 Å². The van der Waals surface area contributed by atoms with Gasteiger partial charge in [-0.2, -0.15) is 10.1 Å². The van der Waals surface area contributed by atoms with Crippen molar-refractivity contribution >= 4 is 22.8 Å². The molecule has 0 unspecified atom stereocenters. The Kier molecular flexibility index (Phi) is 8.12. The summed E-state index contributed by atoms with van der Waals surface area (Å²) in [6.07, 6.45) is 6.74. The van der Waals surface area contributed by atoms with Crippen molar-refractivity contribution in [2.45, 2.75) is 51.2 Å². The maximum Gasteiger partial charge on any atom is 0.222 e. The summed E-state index contributed by atoms with van der Waals surface area (Å²) in [4.78, 5) is 10.6. The number of halogens is 1. The first-order valence-corrected chi connectivity index (χ1v) is 11.9. The van der Waals surface area contributed by atoms with Gasteiger partial charge in [0.1, 0.15) is 11.3 Å². The van der Waals surface area contributed by atoms with Gasteiger partial charge >= 0.3 is 0 Å². The number of hydrogen-bond donors (Lipinski definition) is 3. The van der Waals surface area contributed by atoms with Crippen molar-refractivity contribution in [1.29, 1.82) is 0 Å². The topological polar surface area (TPSA) is 114 Å². The Morgan fingerprint density at radius 3 is 2.82 bits per heavy atom. The van der Waals surface area contributed by atoms with Crippen molar-refractivity contribution in [3.63, 3.8) is 0 Å². The summed E-state index contributed by atoms with van der Waals surface area (Å²) >= 11 is 0. The minimum atomic E-state index is -0.375. The first kappa shape index (κ1) is 24.2. The van der Waals surface area contributed by atoms with Gasteiger partial charge in [-0.25, -0.2) is 4.98 Å². The predicted molar refractivity (Wildman–Crippen MR) is 131 cm³/mol. The number of aliphatic hydroxyl groups excluding tert-OH is 1. The van der Waals surface area contributed by atoms with Crippen molar-refractivity contribution in [3.05, 3.63) is 35.5 Å². The molecule has 0 aliphatic heterocycles. The van der Waals surface area contributed by atoms with Crippen molar-refractivity contribution in [3.8, 4) is 5.75 Å². The molecule has 34 heavy (non-hydrogen) atoms. The van der Waals surface area contributed by atoms with E-state index in [1.807, 2.05) is 11.1 Å². The van der Waals surface area contributed by atoms with E-state index in [0.29, 0.717) is 55.4 Å². The molecule has 0 atom stereocenters. The fraction of sp³-hybridized carbons (Fsp3) is 0.542. The number of methoxy groups -OCH3 is 1. The van der Waals surface area contributed by atoms with Gasteiger partial charge in [0, 0.05) is 31.2 Å². The third-order valence-electron chi connectivity index (χ3n) is 6.27. The zero-order chi connectivity index (χ0) is 23.9. The van der Waals surface area contributed by atoms with Gasteiger partial charge in [-0.3, -0.25) is 9.07 Å². The summed E-state index contributed by atoms with van der Waals surface area (Å²) in [5.74, 6) is 1.50. The molecule has 184 valence electrons. The normalized spacial score (nSPS) is 13.9. The number of nitrogens with zero attached hydrogens (tertiary/aromatic N) is 5. The van der Waals surface area contributed by atoms with Crippen LogP contribution in [-0.2, 0) is 13.1 Å². The van der Waals surface area contributed by atoms with Gasteiger partial charge in [0.05, 0.1) is 33.1 Å². The highest BCUT2D eigenvalue weighted by Crippen LogP contribution is 2.26. The van der Waals surface area contributed by atoms with Crippen LogP contribution in [0.3, 0.4) is 0 Å². The molecule has 1 aliphatic rings. The summed E-state index contributed by atoms with van der Waals surface area (Å²) in [7, 11) is 1.68. The average Bonchev–Trinajstić information content (AvgIpc) is 3.20. The highest BCUT2D eigenvalue weighted by molar-refractivity contribution is 5.86. The Labute approximate surface area is 199 Å².